The van der Waals surface area contributed by atoms with Gasteiger partial charge in [-0.3, -0.25) is 0 Å². The molecule has 2 aromatic rings. The van der Waals surface area contributed by atoms with Crippen molar-refractivity contribution in [3.8, 4) is 0 Å². The molecule has 0 atom stereocenters. The van der Waals surface area contributed by atoms with Gasteiger partial charge in [-0.05, 0) is 36.8 Å². The normalized spacial score (nSPS) is 11.2. The molecular formula is C17H23N. The van der Waals surface area contributed by atoms with E-state index in [1.165, 1.54) is 22.0 Å². The Kier molecular flexibility index (Phi) is 3.90. The van der Waals surface area contributed by atoms with Gasteiger partial charge in [0.1, 0.15) is 0 Å². The highest BCUT2D eigenvalue weighted by atomic mass is 15.1. The summed E-state index contributed by atoms with van der Waals surface area (Å²) in [6.07, 6.45) is 0. The molecule has 0 heterocycles. The molecule has 96 valence electrons. The molecule has 18 heavy (non-hydrogen) atoms. The standard InChI is InChI=1S/C17H23N/c1-5-18(6-2)17-12-8-10-15-14(13(3)4)9-7-11-16(15)17/h7-13H,5-6H2,1-4H3. The topological polar surface area (TPSA) is 3.24 Å². The van der Waals surface area contributed by atoms with Crippen molar-refractivity contribution in [2.45, 2.75) is 33.6 Å². The monoisotopic (exact) mass is 241 g/mol. The van der Waals surface area contributed by atoms with Crippen molar-refractivity contribution >= 4 is 16.5 Å². The van der Waals surface area contributed by atoms with E-state index in [9.17, 15) is 0 Å². The first-order valence-electron chi connectivity index (χ1n) is 6.95. The fourth-order valence-electron chi connectivity index (χ4n) is 2.66. The second kappa shape index (κ2) is 5.43. The average Bonchev–Trinajstić information content (AvgIpc) is 2.39. The fourth-order valence-corrected chi connectivity index (χ4v) is 2.66. The first-order valence-corrected chi connectivity index (χ1v) is 6.95. The molecule has 0 aromatic heterocycles. The summed E-state index contributed by atoms with van der Waals surface area (Å²) in [4.78, 5) is 2.42. The number of hydrogen-bond acceptors (Lipinski definition) is 1. The molecule has 0 aliphatic carbocycles. The Morgan fingerprint density at radius 2 is 1.50 bits per heavy atom. The SMILES string of the molecule is CCN(CC)c1cccc2c(C(C)C)cccc12. The van der Waals surface area contributed by atoms with Crippen molar-refractivity contribution in [3.63, 3.8) is 0 Å². The van der Waals surface area contributed by atoms with E-state index in [1.807, 2.05) is 0 Å². The molecule has 2 rings (SSSR count). The van der Waals surface area contributed by atoms with E-state index in [2.05, 4.69) is 69.0 Å². The first kappa shape index (κ1) is 12.9. The number of fused-ring (bicyclic) bond motifs is 1. The van der Waals surface area contributed by atoms with E-state index < -0.39 is 0 Å². The maximum absolute atomic E-state index is 2.42. The number of benzene rings is 2. The summed E-state index contributed by atoms with van der Waals surface area (Å²) in [5.74, 6) is 0.570. The largest absolute Gasteiger partial charge is 0.372 e. The van der Waals surface area contributed by atoms with Gasteiger partial charge in [-0.1, -0.05) is 44.2 Å². The molecule has 0 fully saturated rings. The van der Waals surface area contributed by atoms with Gasteiger partial charge in [0, 0.05) is 24.2 Å². The van der Waals surface area contributed by atoms with Crippen molar-refractivity contribution in [3.05, 3.63) is 42.0 Å². The van der Waals surface area contributed by atoms with Crippen molar-refractivity contribution in [1.29, 1.82) is 0 Å². The van der Waals surface area contributed by atoms with Crippen LogP contribution in [0, 0.1) is 0 Å². The number of rotatable bonds is 4. The molecule has 0 unspecified atom stereocenters. The van der Waals surface area contributed by atoms with Gasteiger partial charge < -0.3 is 4.90 Å². The summed E-state index contributed by atoms with van der Waals surface area (Å²) in [5.41, 5.74) is 2.81. The van der Waals surface area contributed by atoms with Gasteiger partial charge in [0.25, 0.3) is 0 Å². The van der Waals surface area contributed by atoms with Crippen molar-refractivity contribution in [2.75, 3.05) is 18.0 Å². The zero-order valence-corrected chi connectivity index (χ0v) is 11.9. The minimum atomic E-state index is 0.570. The highest BCUT2D eigenvalue weighted by Gasteiger charge is 2.10. The minimum Gasteiger partial charge on any atom is -0.372 e. The molecule has 0 aliphatic rings. The van der Waals surface area contributed by atoms with Gasteiger partial charge in [0.2, 0.25) is 0 Å². The molecule has 0 spiro atoms. The summed E-state index contributed by atoms with van der Waals surface area (Å²) in [7, 11) is 0. The van der Waals surface area contributed by atoms with E-state index >= 15 is 0 Å². The third kappa shape index (κ3) is 2.22. The van der Waals surface area contributed by atoms with Crippen LogP contribution in [0.5, 0.6) is 0 Å². The Morgan fingerprint density at radius 1 is 0.889 bits per heavy atom. The van der Waals surface area contributed by atoms with Crippen LogP contribution in [0.3, 0.4) is 0 Å². The highest BCUT2D eigenvalue weighted by Crippen LogP contribution is 2.31. The summed E-state index contributed by atoms with van der Waals surface area (Å²) < 4.78 is 0. The maximum Gasteiger partial charge on any atom is 0.0445 e. The lowest BCUT2D eigenvalue weighted by Gasteiger charge is -2.23. The quantitative estimate of drug-likeness (QED) is 0.742. The molecular weight excluding hydrogens is 218 g/mol. The van der Waals surface area contributed by atoms with E-state index in [0.29, 0.717) is 5.92 Å². The molecule has 0 N–H and O–H groups in total. The van der Waals surface area contributed by atoms with E-state index in [0.717, 1.165) is 13.1 Å². The van der Waals surface area contributed by atoms with Crippen LogP contribution < -0.4 is 4.90 Å². The molecule has 1 heteroatoms. The lowest BCUT2D eigenvalue weighted by atomic mass is 9.95. The average molecular weight is 241 g/mol. The van der Waals surface area contributed by atoms with Gasteiger partial charge in [-0.15, -0.1) is 0 Å². The molecule has 0 aliphatic heterocycles. The van der Waals surface area contributed by atoms with Gasteiger partial charge in [-0.25, -0.2) is 0 Å². The van der Waals surface area contributed by atoms with Crippen LogP contribution in [0.15, 0.2) is 36.4 Å². The lowest BCUT2D eigenvalue weighted by Crippen LogP contribution is -2.21. The third-order valence-electron chi connectivity index (χ3n) is 3.66. The molecule has 0 bridgehead atoms. The number of hydrogen-bond donors (Lipinski definition) is 0. The predicted octanol–water partition coefficient (Wildman–Crippen LogP) is 4.81. The smallest absolute Gasteiger partial charge is 0.0445 e. The Morgan fingerprint density at radius 3 is 2.11 bits per heavy atom. The van der Waals surface area contributed by atoms with Crippen LogP contribution in [0.4, 0.5) is 5.69 Å². The Balaban J connectivity index is 2.67. The minimum absolute atomic E-state index is 0.570. The summed E-state index contributed by atoms with van der Waals surface area (Å²) in [6.45, 7) is 11.1. The van der Waals surface area contributed by atoms with Gasteiger partial charge in [0.05, 0.1) is 0 Å². The predicted molar refractivity (Wildman–Crippen MR) is 81.6 cm³/mol. The van der Waals surface area contributed by atoms with Gasteiger partial charge in [-0.2, -0.15) is 0 Å². The number of anilines is 1. The van der Waals surface area contributed by atoms with Crippen LogP contribution in [0.25, 0.3) is 10.8 Å². The lowest BCUT2D eigenvalue weighted by molar-refractivity contribution is 0.867. The van der Waals surface area contributed by atoms with Gasteiger partial charge in [0.15, 0.2) is 0 Å². The zero-order valence-electron chi connectivity index (χ0n) is 11.9. The van der Waals surface area contributed by atoms with Crippen LogP contribution in [-0.4, -0.2) is 13.1 Å². The Labute approximate surface area is 110 Å². The number of nitrogens with zero attached hydrogens (tertiary/aromatic N) is 1. The first-order chi connectivity index (χ1) is 8.69. The molecule has 0 radical (unpaired) electrons. The summed E-state index contributed by atoms with van der Waals surface area (Å²) >= 11 is 0. The molecule has 0 amide bonds. The molecule has 2 aromatic carbocycles. The summed E-state index contributed by atoms with van der Waals surface area (Å²) in [5, 5.41) is 2.78. The van der Waals surface area contributed by atoms with Crippen LogP contribution in [-0.2, 0) is 0 Å². The van der Waals surface area contributed by atoms with Crippen molar-refractivity contribution in [1.82, 2.24) is 0 Å². The van der Waals surface area contributed by atoms with Gasteiger partial charge >= 0.3 is 0 Å². The van der Waals surface area contributed by atoms with Crippen LogP contribution >= 0.6 is 0 Å². The summed E-state index contributed by atoms with van der Waals surface area (Å²) in [6, 6.07) is 13.3. The zero-order chi connectivity index (χ0) is 13.1. The van der Waals surface area contributed by atoms with Crippen molar-refractivity contribution in [2.24, 2.45) is 0 Å². The molecule has 0 saturated carbocycles. The van der Waals surface area contributed by atoms with Crippen LogP contribution in [0.2, 0.25) is 0 Å². The second-order valence-electron chi connectivity index (χ2n) is 5.05. The maximum atomic E-state index is 2.42. The molecule has 1 nitrogen and oxygen atoms in total. The Hall–Kier alpha value is -1.50. The molecule has 0 saturated heterocycles. The third-order valence-corrected chi connectivity index (χ3v) is 3.66. The van der Waals surface area contributed by atoms with Crippen LogP contribution in [0.1, 0.15) is 39.2 Å². The fraction of sp³-hybridized carbons (Fsp3) is 0.412. The Bertz CT molecular complexity index is 524. The van der Waals surface area contributed by atoms with E-state index in [4.69, 9.17) is 0 Å². The van der Waals surface area contributed by atoms with E-state index in [1.54, 1.807) is 0 Å². The van der Waals surface area contributed by atoms with Crippen molar-refractivity contribution < 1.29 is 0 Å². The highest BCUT2D eigenvalue weighted by molar-refractivity contribution is 5.96. The second-order valence-corrected chi connectivity index (χ2v) is 5.05. The van der Waals surface area contributed by atoms with E-state index in [-0.39, 0.29) is 0 Å².